The predicted molar refractivity (Wildman–Crippen MR) is 148 cm³/mol. The van der Waals surface area contributed by atoms with Crippen molar-refractivity contribution in [1.29, 1.82) is 0 Å². The summed E-state index contributed by atoms with van der Waals surface area (Å²) in [5, 5.41) is 23.6. The molecule has 0 spiro atoms. The van der Waals surface area contributed by atoms with E-state index in [1.165, 1.54) is 4.52 Å². The quantitative estimate of drug-likeness (QED) is 0.319. The van der Waals surface area contributed by atoms with Crippen molar-refractivity contribution in [2.75, 3.05) is 18.6 Å². The molecule has 0 radical (unpaired) electrons. The molecule has 1 aromatic carbocycles. The van der Waals surface area contributed by atoms with E-state index in [2.05, 4.69) is 10.1 Å². The SMILES string of the molecule is CS(=O)(=O)c1c([C@@H]2C[C@H]3CC[C@@H](C2)N3C(=O)[C@H](O)CO)nc2c(-c3ccc(-c4ccccc4)nc3)cnn2c1N. The summed E-state index contributed by atoms with van der Waals surface area (Å²) in [4.78, 5) is 23.8. The van der Waals surface area contributed by atoms with E-state index in [0.717, 1.165) is 35.9 Å². The summed E-state index contributed by atoms with van der Waals surface area (Å²) in [6, 6.07) is 13.3. The molecule has 6 rings (SSSR count). The molecule has 5 heterocycles. The predicted octanol–water partition coefficient (Wildman–Crippen LogP) is 2.03. The summed E-state index contributed by atoms with van der Waals surface area (Å²) < 4.78 is 27.3. The maximum absolute atomic E-state index is 13.0. The van der Waals surface area contributed by atoms with Gasteiger partial charge in [-0.1, -0.05) is 36.4 Å². The van der Waals surface area contributed by atoms with Gasteiger partial charge in [0.2, 0.25) is 0 Å². The molecule has 4 aromatic rings. The van der Waals surface area contributed by atoms with Crippen molar-refractivity contribution in [2.45, 2.75) is 54.7 Å². The first-order chi connectivity index (χ1) is 19.2. The molecular weight excluding hydrogens is 532 g/mol. The number of benzene rings is 1. The average molecular weight is 563 g/mol. The molecule has 40 heavy (non-hydrogen) atoms. The Morgan fingerprint density at radius 1 is 1.07 bits per heavy atom. The molecule has 12 heteroatoms. The number of nitrogen functional groups attached to an aromatic ring is 1. The van der Waals surface area contributed by atoms with E-state index in [-0.39, 0.29) is 28.7 Å². The van der Waals surface area contributed by atoms with Crippen LogP contribution in [0.1, 0.15) is 37.3 Å². The topological polar surface area (TPSA) is 164 Å². The lowest BCUT2D eigenvalue weighted by Gasteiger charge is -2.40. The number of amides is 1. The molecule has 0 aliphatic carbocycles. The van der Waals surface area contributed by atoms with Gasteiger partial charge in [-0.15, -0.1) is 0 Å². The summed E-state index contributed by atoms with van der Waals surface area (Å²) in [6.07, 6.45) is 5.39. The van der Waals surface area contributed by atoms with Crippen LogP contribution in [0.4, 0.5) is 5.82 Å². The first-order valence-electron chi connectivity index (χ1n) is 13.2. The number of nitrogens with zero attached hydrogens (tertiary/aromatic N) is 5. The van der Waals surface area contributed by atoms with Crippen LogP contribution >= 0.6 is 0 Å². The van der Waals surface area contributed by atoms with E-state index < -0.39 is 28.5 Å². The summed E-state index contributed by atoms with van der Waals surface area (Å²) in [5.41, 5.74) is 10.5. The Hall–Kier alpha value is -3.87. The van der Waals surface area contributed by atoms with E-state index in [9.17, 15) is 23.4 Å². The monoisotopic (exact) mass is 562 g/mol. The third kappa shape index (κ3) is 4.41. The molecule has 2 saturated heterocycles. The van der Waals surface area contributed by atoms with Crippen LogP contribution < -0.4 is 5.73 Å². The average Bonchev–Trinajstić information content (AvgIpc) is 3.50. The highest BCUT2D eigenvalue weighted by molar-refractivity contribution is 7.91. The van der Waals surface area contributed by atoms with Crippen LogP contribution in [0.25, 0.3) is 28.0 Å². The van der Waals surface area contributed by atoms with Crippen molar-refractivity contribution in [1.82, 2.24) is 24.5 Å². The van der Waals surface area contributed by atoms with E-state index >= 15 is 0 Å². The number of carbonyl (C=O) groups excluding carboxylic acids is 1. The minimum atomic E-state index is -3.77. The van der Waals surface area contributed by atoms with Crippen LogP contribution in [0.5, 0.6) is 0 Å². The van der Waals surface area contributed by atoms with Crippen LogP contribution in [-0.4, -0.2) is 80.1 Å². The maximum atomic E-state index is 13.0. The number of hydrogen-bond donors (Lipinski definition) is 3. The normalized spacial score (nSPS) is 21.6. The second kappa shape index (κ2) is 9.95. The molecule has 4 atom stereocenters. The van der Waals surface area contributed by atoms with Gasteiger partial charge >= 0.3 is 0 Å². The van der Waals surface area contributed by atoms with Gasteiger partial charge in [0, 0.05) is 47.1 Å². The summed E-state index contributed by atoms with van der Waals surface area (Å²) in [5.74, 6) is -0.778. The fourth-order valence-electron chi connectivity index (χ4n) is 6.22. The zero-order chi connectivity index (χ0) is 28.2. The van der Waals surface area contributed by atoms with Gasteiger partial charge in [0.15, 0.2) is 21.6 Å². The second-order valence-corrected chi connectivity index (χ2v) is 12.5. The number of anilines is 1. The fraction of sp³-hybridized carbons (Fsp3) is 0.357. The number of rotatable bonds is 6. The van der Waals surface area contributed by atoms with Gasteiger partial charge in [-0.2, -0.15) is 9.61 Å². The first kappa shape index (κ1) is 26.4. The minimum absolute atomic E-state index is 0.0100. The molecule has 3 aromatic heterocycles. The number of nitrogens with two attached hydrogens (primary N) is 1. The first-order valence-corrected chi connectivity index (χ1v) is 15.1. The van der Waals surface area contributed by atoms with Crippen molar-refractivity contribution < 1.29 is 23.4 Å². The number of piperidine rings is 1. The summed E-state index contributed by atoms with van der Waals surface area (Å²) >= 11 is 0. The Balaban J connectivity index is 1.41. The van der Waals surface area contributed by atoms with Gasteiger partial charge in [0.05, 0.1) is 24.2 Å². The molecule has 1 amide bonds. The van der Waals surface area contributed by atoms with E-state index in [1.807, 2.05) is 42.5 Å². The number of aliphatic hydroxyl groups excluding tert-OH is 2. The third-order valence-electron chi connectivity index (χ3n) is 8.01. The Morgan fingerprint density at radius 3 is 2.38 bits per heavy atom. The molecular formula is C28H30N6O5S. The molecule has 2 aliphatic rings. The molecule has 2 fully saturated rings. The fourth-order valence-corrected chi connectivity index (χ4v) is 7.28. The highest BCUT2D eigenvalue weighted by Gasteiger charge is 2.46. The van der Waals surface area contributed by atoms with Crippen molar-refractivity contribution in [3.8, 4) is 22.4 Å². The smallest absolute Gasteiger partial charge is 0.254 e. The number of aromatic nitrogens is 4. The zero-order valence-corrected chi connectivity index (χ0v) is 22.7. The van der Waals surface area contributed by atoms with Crippen molar-refractivity contribution in [2.24, 2.45) is 0 Å². The Bertz CT molecular complexity index is 1680. The van der Waals surface area contributed by atoms with Gasteiger partial charge in [-0.3, -0.25) is 9.78 Å². The standard InChI is InChI=1S/C28H30N6O5S/c1-40(38,39)25-24(18-11-19-8-9-20(12-18)33(19)28(37)23(36)15-35)32-27-21(14-31-34(27)26(25)29)17-7-10-22(30-13-17)16-5-3-2-4-6-16/h2-7,10,13-14,18-20,23,35-36H,8-9,11-12,15,29H2,1H3/t18-,19-,20+,23-/m1/s1. The summed E-state index contributed by atoms with van der Waals surface area (Å²) in [7, 11) is -3.77. The van der Waals surface area contributed by atoms with Crippen LogP contribution in [0.15, 0.2) is 59.8 Å². The van der Waals surface area contributed by atoms with E-state index in [0.29, 0.717) is 29.7 Å². The highest BCUT2D eigenvalue weighted by Crippen LogP contribution is 2.45. The Morgan fingerprint density at radius 2 is 1.77 bits per heavy atom. The van der Waals surface area contributed by atoms with Crippen LogP contribution in [-0.2, 0) is 14.6 Å². The molecule has 2 bridgehead atoms. The van der Waals surface area contributed by atoms with Crippen molar-refractivity contribution in [3.63, 3.8) is 0 Å². The highest BCUT2D eigenvalue weighted by atomic mass is 32.2. The number of sulfone groups is 1. The Kier molecular flexibility index (Phi) is 6.56. The molecule has 208 valence electrons. The largest absolute Gasteiger partial charge is 0.393 e. The number of hydrogen-bond acceptors (Lipinski definition) is 9. The van der Waals surface area contributed by atoms with Gasteiger partial charge < -0.3 is 20.8 Å². The maximum Gasteiger partial charge on any atom is 0.254 e. The summed E-state index contributed by atoms with van der Waals surface area (Å²) in [6.45, 7) is -0.643. The van der Waals surface area contributed by atoms with Gasteiger partial charge in [-0.05, 0) is 31.7 Å². The van der Waals surface area contributed by atoms with Crippen LogP contribution in [0.3, 0.4) is 0 Å². The molecule has 11 nitrogen and oxygen atoms in total. The Labute approximate surface area is 231 Å². The molecule has 0 saturated carbocycles. The van der Waals surface area contributed by atoms with Gasteiger partial charge in [-0.25, -0.2) is 13.4 Å². The number of pyridine rings is 1. The molecule has 0 unspecified atom stereocenters. The third-order valence-corrected chi connectivity index (χ3v) is 9.17. The second-order valence-electron chi connectivity index (χ2n) is 10.6. The van der Waals surface area contributed by atoms with E-state index in [4.69, 9.17) is 10.7 Å². The van der Waals surface area contributed by atoms with E-state index in [1.54, 1.807) is 17.3 Å². The van der Waals surface area contributed by atoms with Gasteiger partial charge in [0.25, 0.3) is 5.91 Å². The lowest BCUT2D eigenvalue weighted by atomic mass is 9.87. The number of aliphatic hydroxyl groups is 2. The van der Waals surface area contributed by atoms with Gasteiger partial charge in [0.1, 0.15) is 10.7 Å². The zero-order valence-electron chi connectivity index (χ0n) is 21.9. The van der Waals surface area contributed by atoms with Crippen LogP contribution in [0.2, 0.25) is 0 Å². The number of fused-ring (bicyclic) bond motifs is 3. The minimum Gasteiger partial charge on any atom is -0.393 e. The lowest BCUT2D eigenvalue weighted by Crippen LogP contribution is -2.51. The van der Waals surface area contributed by atoms with Crippen molar-refractivity contribution in [3.05, 3.63) is 60.6 Å². The van der Waals surface area contributed by atoms with Crippen molar-refractivity contribution >= 4 is 27.2 Å². The molecule has 4 N–H and O–H groups in total. The molecule has 2 aliphatic heterocycles. The number of carbonyl (C=O) groups is 1. The van der Waals surface area contributed by atoms with Crippen LogP contribution in [0, 0.1) is 0 Å². The lowest BCUT2D eigenvalue weighted by molar-refractivity contribution is -0.147.